The number of amides is 2. The van der Waals surface area contributed by atoms with E-state index >= 15 is 0 Å². The second kappa shape index (κ2) is 5.54. The minimum absolute atomic E-state index is 0.199. The third-order valence-corrected chi connectivity index (χ3v) is 3.66. The van der Waals surface area contributed by atoms with Crippen LogP contribution in [0, 0.1) is 12.7 Å². The number of benzene rings is 1. The molecule has 1 aliphatic rings. The van der Waals surface area contributed by atoms with Crippen LogP contribution in [0.2, 0.25) is 0 Å². The van der Waals surface area contributed by atoms with E-state index in [4.69, 9.17) is 5.73 Å². The molecule has 1 heterocycles. The van der Waals surface area contributed by atoms with E-state index in [0.717, 1.165) is 22.2 Å². The fraction of sp³-hybridized carbons (Fsp3) is 0.231. The number of thioether (sulfide) groups is 1. The Morgan fingerprint density at radius 1 is 1.42 bits per heavy atom. The van der Waals surface area contributed by atoms with Gasteiger partial charge in [-0.2, -0.15) is 0 Å². The zero-order valence-corrected chi connectivity index (χ0v) is 11.2. The average Bonchev–Trinajstić information content (AvgIpc) is 2.62. The summed E-state index contributed by atoms with van der Waals surface area (Å²) in [7, 11) is 0. The molecule has 1 fully saturated rings. The summed E-state index contributed by atoms with van der Waals surface area (Å²) in [6, 6.07) is 4.32. The number of imide groups is 1. The SMILES string of the molecule is Cc1ccc(F)cc1/C=C1\SC(=O)N(CCN)C1=O. The fourth-order valence-electron chi connectivity index (χ4n) is 1.73. The quantitative estimate of drug-likeness (QED) is 0.861. The Morgan fingerprint density at radius 3 is 2.84 bits per heavy atom. The summed E-state index contributed by atoms with van der Waals surface area (Å²) < 4.78 is 13.2. The molecule has 0 atom stereocenters. The van der Waals surface area contributed by atoms with Crippen molar-refractivity contribution in [2.24, 2.45) is 5.73 Å². The molecule has 1 aliphatic heterocycles. The molecule has 2 N–H and O–H groups in total. The average molecular weight is 280 g/mol. The van der Waals surface area contributed by atoms with Crippen LogP contribution >= 0.6 is 11.8 Å². The third kappa shape index (κ3) is 2.85. The molecule has 0 spiro atoms. The maximum Gasteiger partial charge on any atom is 0.293 e. The molecule has 0 unspecified atom stereocenters. The van der Waals surface area contributed by atoms with Gasteiger partial charge in [0.2, 0.25) is 0 Å². The van der Waals surface area contributed by atoms with Crippen molar-refractivity contribution in [1.29, 1.82) is 0 Å². The summed E-state index contributed by atoms with van der Waals surface area (Å²) in [4.78, 5) is 25.0. The molecule has 0 aliphatic carbocycles. The van der Waals surface area contributed by atoms with Crippen molar-refractivity contribution in [2.45, 2.75) is 6.92 Å². The van der Waals surface area contributed by atoms with Gasteiger partial charge in [-0.15, -0.1) is 0 Å². The Morgan fingerprint density at radius 2 is 2.16 bits per heavy atom. The van der Waals surface area contributed by atoms with Gasteiger partial charge >= 0.3 is 0 Å². The summed E-state index contributed by atoms with van der Waals surface area (Å²) in [6.45, 7) is 2.24. The zero-order valence-electron chi connectivity index (χ0n) is 10.4. The molecule has 2 rings (SSSR count). The van der Waals surface area contributed by atoms with Gasteiger partial charge in [-0.05, 0) is 48.0 Å². The topological polar surface area (TPSA) is 63.4 Å². The second-order valence-corrected chi connectivity index (χ2v) is 5.12. The Balaban J connectivity index is 2.32. The van der Waals surface area contributed by atoms with Crippen LogP contribution in [-0.2, 0) is 4.79 Å². The van der Waals surface area contributed by atoms with Gasteiger partial charge in [0.1, 0.15) is 5.82 Å². The van der Waals surface area contributed by atoms with Crippen LogP contribution in [-0.4, -0.2) is 29.1 Å². The van der Waals surface area contributed by atoms with Gasteiger partial charge in [0.25, 0.3) is 11.1 Å². The molecule has 19 heavy (non-hydrogen) atoms. The van der Waals surface area contributed by atoms with Crippen LogP contribution in [0.15, 0.2) is 23.1 Å². The molecule has 0 radical (unpaired) electrons. The lowest BCUT2D eigenvalue weighted by Gasteiger charge is -2.09. The summed E-state index contributed by atoms with van der Waals surface area (Å²) >= 11 is 0.852. The first-order valence-corrected chi connectivity index (χ1v) is 6.56. The number of aryl methyl sites for hydroxylation is 1. The van der Waals surface area contributed by atoms with Gasteiger partial charge in [-0.25, -0.2) is 4.39 Å². The highest BCUT2D eigenvalue weighted by atomic mass is 32.2. The van der Waals surface area contributed by atoms with Crippen LogP contribution in [0.3, 0.4) is 0 Å². The van der Waals surface area contributed by atoms with Crippen LogP contribution < -0.4 is 5.73 Å². The Bertz CT molecular complexity index is 572. The van der Waals surface area contributed by atoms with Crippen molar-refractivity contribution in [1.82, 2.24) is 4.90 Å². The van der Waals surface area contributed by atoms with Crippen LogP contribution in [0.4, 0.5) is 9.18 Å². The van der Waals surface area contributed by atoms with Crippen molar-refractivity contribution in [2.75, 3.05) is 13.1 Å². The van der Waals surface area contributed by atoms with Gasteiger partial charge in [0, 0.05) is 13.1 Å². The van der Waals surface area contributed by atoms with Crippen LogP contribution in [0.25, 0.3) is 6.08 Å². The Hall–Kier alpha value is -1.66. The van der Waals surface area contributed by atoms with Gasteiger partial charge in [0.15, 0.2) is 0 Å². The monoisotopic (exact) mass is 280 g/mol. The lowest BCUT2D eigenvalue weighted by Crippen LogP contribution is -2.33. The minimum Gasteiger partial charge on any atom is -0.329 e. The van der Waals surface area contributed by atoms with Crippen LogP contribution in [0.1, 0.15) is 11.1 Å². The van der Waals surface area contributed by atoms with E-state index in [1.54, 1.807) is 12.1 Å². The van der Waals surface area contributed by atoms with E-state index in [1.807, 2.05) is 6.92 Å². The van der Waals surface area contributed by atoms with Crippen molar-refractivity contribution < 1.29 is 14.0 Å². The molecule has 6 heteroatoms. The lowest BCUT2D eigenvalue weighted by atomic mass is 10.1. The largest absolute Gasteiger partial charge is 0.329 e. The standard InChI is InChI=1S/C13H13FN2O2S/c1-8-2-3-10(14)6-9(8)7-11-12(17)16(5-4-15)13(18)19-11/h2-3,6-7H,4-5,15H2,1H3/b11-7-. The molecule has 1 aromatic carbocycles. The maximum absolute atomic E-state index is 13.2. The number of hydrogen-bond donors (Lipinski definition) is 1. The number of rotatable bonds is 3. The van der Waals surface area contributed by atoms with Gasteiger partial charge in [0.05, 0.1) is 4.91 Å². The van der Waals surface area contributed by atoms with Crippen molar-refractivity contribution >= 4 is 29.0 Å². The number of nitrogens with two attached hydrogens (primary N) is 1. The number of halogens is 1. The van der Waals surface area contributed by atoms with Crippen molar-refractivity contribution in [3.8, 4) is 0 Å². The lowest BCUT2D eigenvalue weighted by molar-refractivity contribution is -0.122. The van der Waals surface area contributed by atoms with Crippen LogP contribution in [0.5, 0.6) is 0 Å². The second-order valence-electron chi connectivity index (χ2n) is 4.12. The van der Waals surface area contributed by atoms with E-state index in [9.17, 15) is 14.0 Å². The highest BCUT2D eigenvalue weighted by Gasteiger charge is 2.34. The van der Waals surface area contributed by atoms with Crippen molar-refractivity contribution in [3.05, 3.63) is 40.0 Å². The summed E-state index contributed by atoms with van der Waals surface area (Å²) in [5, 5.41) is -0.337. The Labute approximate surface area is 114 Å². The third-order valence-electron chi connectivity index (χ3n) is 2.75. The Kier molecular flexibility index (Phi) is 4.01. The minimum atomic E-state index is -0.377. The van der Waals surface area contributed by atoms with Gasteiger partial charge in [-0.1, -0.05) is 6.07 Å². The normalized spacial score (nSPS) is 17.6. The molecule has 100 valence electrons. The zero-order chi connectivity index (χ0) is 14.0. The molecular formula is C13H13FN2O2S. The van der Waals surface area contributed by atoms with E-state index in [0.29, 0.717) is 10.5 Å². The molecule has 0 aromatic heterocycles. The van der Waals surface area contributed by atoms with E-state index in [1.165, 1.54) is 12.1 Å². The summed E-state index contributed by atoms with van der Waals surface area (Å²) in [5.74, 6) is -0.748. The maximum atomic E-state index is 13.2. The number of carbonyl (C=O) groups is 2. The highest BCUT2D eigenvalue weighted by molar-refractivity contribution is 8.18. The highest BCUT2D eigenvalue weighted by Crippen LogP contribution is 2.32. The molecule has 0 saturated carbocycles. The van der Waals surface area contributed by atoms with Crippen molar-refractivity contribution in [3.63, 3.8) is 0 Å². The number of carbonyl (C=O) groups excluding carboxylic acids is 2. The van der Waals surface area contributed by atoms with Gasteiger partial charge < -0.3 is 5.73 Å². The predicted octanol–water partition coefficient (Wildman–Crippen LogP) is 2.13. The predicted molar refractivity (Wildman–Crippen MR) is 72.9 cm³/mol. The number of hydrogen-bond acceptors (Lipinski definition) is 4. The molecule has 0 bridgehead atoms. The summed E-state index contributed by atoms with van der Waals surface area (Å²) in [5.41, 5.74) is 6.79. The molecule has 4 nitrogen and oxygen atoms in total. The smallest absolute Gasteiger partial charge is 0.293 e. The first kappa shape index (κ1) is 13.8. The van der Waals surface area contributed by atoms with E-state index in [2.05, 4.69) is 0 Å². The van der Waals surface area contributed by atoms with E-state index in [-0.39, 0.29) is 30.1 Å². The molecule has 1 aromatic rings. The summed E-state index contributed by atoms with van der Waals surface area (Å²) in [6.07, 6.45) is 1.54. The molecule has 2 amide bonds. The molecular weight excluding hydrogens is 267 g/mol. The first-order valence-electron chi connectivity index (χ1n) is 5.74. The molecule has 1 saturated heterocycles. The van der Waals surface area contributed by atoms with Gasteiger partial charge in [-0.3, -0.25) is 14.5 Å². The van der Waals surface area contributed by atoms with E-state index < -0.39 is 0 Å². The number of nitrogens with zero attached hydrogens (tertiary/aromatic N) is 1. The fourth-order valence-corrected chi connectivity index (χ4v) is 2.59. The first-order chi connectivity index (χ1) is 9.02.